The third-order valence-electron chi connectivity index (χ3n) is 3.23. The molecule has 0 saturated carbocycles. The number of carbonyl (C=O) groups excluding carboxylic acids is 1. The van der Waals surface area contributed by atoms with Gasteiger partial charge in [0.15, 0.2) is 0 Å². The van der Waals surface area contributed by atoms with Crippen LogP contribution in [-0.4, -0.2) is 49.8 Å². The van der Waals surface area contributed by atoms with Crippen LogP contribution in [0, 0.1) is 6.92 Å². The highest BCUT2D eigenvalue weighted by molar-refractivity contribution is 7.11. The number of urea groups is 1. The number of rotatable bonds is 5. The Morgan fingerprint density at radius 2 is 2.20 bits per heavy atom. The summed E-state index contributed by atoms with van der Waals surface area (Å²) in [4.78, 5) is 16.6. The molecule has 0 spiro atoms. The molecular weight excluding hydrogens is 274 g/mol. The van der Waals surface area contributed by atoms with Gasteiger partial charge in [-0.05, 0) is 26.0 Å². The number of hydrogen-bond acceptors (Lipinski definition) is 4. The summed E-state index contributed by atoms with van der Waals surface area (Å²) in [7, 11) is 0. The maximum absolute atomic E-state index is 11.8. The number of amides is 2. The Morgan fingerprint density at radius 3 is 2.85 bits per heavy atom. The fourth-order valence-corrected chi connectivity index (χ4v) is 3.07. The predicted molar refractivity (Wildman–Crippen MR) is 81.1 cm³/mol. The first-order valence-electron chi connectivity index (χ1n) is 7.03. The Balaban J connectivity index is 1.65. The van der Waals surface area contributed by atoms with E-state index in [0.717, 1.165) is 32.8 Å². The number of ether oxygens (including phenoxy) is 1. The summed E-state index contributed by atoms with van der Waals surface area (Å²) in [6, 6.07) is 4.16. The van der Waals surface area contributed by atoms with Gasteiger partial charge in [-0.25, -0.2) is 4.79 Å². The van der Waals surface area contributed by atoms with Crippen LogP contribution < -0.4 is 10.6 Å². The standard InChI is InChI=1S/C14H23N3O2S/c1-11(10-17-5-7-19-8-6-17)16-14(18)15-9-13-4-3-12(2)20-13/h3-4,11H,5-10H2,1-2H3,(H2,15,16,18)/t11-/m0/s1. The van der Waals surface area contributed by atoms with Crippen molar-refractivity contribution < 1.29 is 9.53 Å². The van der Waals surface area contributed by atoms with Gasteiger partial charge in [0.25, 0.3) is 0 Å². The quantitative estimate of drug-likeness (QED) is 0.867. The molecule has 0 radical (unpaired) electrons. The zero-order chi connectivity index (χ0) is 14.4. The second-order valence-corrected chi connectivity index (χ2v) is 6.53. The molecule has 1 aliphatic heterocycles. The van der Waals surface area contributed by atoms with Crippen LogP contribution in [0.2, 0.25) is 0 Å². The Labute approximate surface area is 124 Å². The zero-order valence-corrected chi connectivity index (χ0v) is 13.0. The summed E-state index contributed by atoms with van der Waals surface area (Å²) in [6.45, 7) is 9.03. The van der Waals surface area contributed by atoms with Crippen LogP contribution in [0.4, 0.5) is 4.79 Å². The van der Waals surface area contributed by atoms with E-state index in [1.165, 1.54) is 9.75 Å². The van der Waals surface area contributed by atoms with E-state index in [-0.39, 0.29) is 12.1 Å². The van der Waals surface area contributed by atoms with Gasteiger partial charge in [-0.3, -0.25) is 4.90 Å². The minimum atomic E-state index is -0.100. The molecule has 112 valence electrons. The molecule has 0 unspecified atom stereocenters. The van der Waals surface area contributed by atoms with Gasteiger partial charge in [0.05, 0.1) is 19.8 Å². The highest BCUT2D eigenvalue weighted by Crippen LogP contribution is 2.14. The highest BCUT2D eigenvalue weighted by Gasteiger charge is 2.15. The molecule has 2 amide bonds. The van der Waals surface area contributed by atoms with Gasteiger partial charge in [0.1, 0.15) is 0 Å². The fourth-order valence-electron chi connectivity index (χ4n) is 2.24. The lowest BCUT2D eigenvalue weighted by Crippen LogP contribution is -2.48. The Bertz CT molecular complexity index is 430. The van der Waals surface area contributed by atoms with Gasteiger partial charge >= 0.3 is 6.03 Å². The molecular formula is C14H23N3O2S. The summed E-state index contributed by atoms with van der Waals surface area (Å²) in [5.41, 5.74) is 0. The first-order valence-corrected chi connectivity index (χ1v) is 7.85. The van der Waals surface area contributed by atoms with Crippen molar-refractivity contribution in [1.29, 1.82) is 0 Å². The van der Waals surface area contributed by atoms with Crippen LogP contribution in [0.3, 0.4) is 0 Å². The van der Waals surface area contributed by atoms with Crippen LogP contribution in [0.5, 0.6) is 0 Å². The predicted octanol–water partition coefficient (Wildman–Crippen LogP) is 1.58. The maximum atomic E-state index is 11.8. The molecule has 1 aromatic heterocycles. The molecule has 5 nitrogen and oxygen atoms in total. The van der Waals surface area contributed by atoms with Crippen molar-refractivity contribution >= 4 is 17.4 Å². The average molecular weight is 297 g/mol. The molecule has 6 heteroatoms. The second kappa shape index (κ2) is 7.61. The average Bonchev–Trinajstić information content (AvgIpc) is 2.83. The van der Waals surface area contributed by atoms with E-state index in [4.69, 9.17) is 4.74 Å². The van der Waals surface area contributed by atoms with E-state index < -0.39 is 0 Å². The Hall–Kier alpha value is -1.11. The summed E-state index contributed by atoms with van der Waals surface area (Å²) in [5, 5.41) is 5.87. The first kappa shape index (κ1) is 15.3. The SMILES string of the molecule is Cc1ccc(CNC(=O)N[C@@H](C)CN2CCOCC2)s1. The van der Waals surface area contributed by atoms with Crippen LogP contribution >= 0.6 is 11.3 Å². The number of carbonyl (C=O) groups is 1. The van der Waals surface area contributed by atoms with E-state index in [1.54, 1.807) is 11.3 Å². The van der Waals surface area contributed by atoms with Gasteiger partial charge in [0.2, 0.25) is 0 Å². The third-order valence-corrected chi connectivity index (χ3v) is 4.23. The van der Waals surface area contributed by atoms with Crippen LogP contribution in [0.25, 0.3) is 0 Å². The summed E-state index contributed by atoms with van der Waals surface area (Å²) in [6.07, 6.45) is 0. The Morgan fingerprint density at radius 1 is 1.45 bits per heavy atom. The van der Waals surface area contributed by atoms with Crippen molar-refractivity contribution in [2.75, 3.05) is 32.8 Å². The molecule has 1 aliphatic rings. The smallest absolute Gasteiger partial charge is 0.315 e. The van der Waals surface area contributed by atoms with Crippen molar-refractivity contribution in [2.45, 2.75) is 26.4 Å². The van der Waals surface area contributed by atoms with Crippen molar-refractivity contribution in [2.24, 2.45) is 0 Å². The molecule has 0 bridgehead atoms. The Kier molecular flexibility index (Phi) is 5.82. The number of nitrogens with one attached hydrogen (secondary N) is 2. The molecule has 1 atom stereocenters. The first-order chi connectivity index (χ1) is 9.63. The second-order valence-electron chi connectivity index (χ2n) is 5.15. The van der Waals surface area contributed by atoms with Crippen molar-refractivity contribution in [3.63, 3.8) is 0 Å². The normalized spacial score (nSPS) is 17.7. The summed E-state index contributed by atoms with van der Waals surface area (Å²) < 4.78 is 5.31. The number of morpholine rings is 1. The van der Waals surface area contributed by atoms with Crippen molar-refractivity contribution in [3.05, 3.63) is 21.9 Å². The third kappa shape index (κ3) is 5.11. The number of nitrogens with zero attached hydrogens (tertiary/aromatic N) is 1. The largest absolute Gasteiger partial charge is 0.379 e. The topological polar surface area (TPSA) is 53.6 Å². The summed E-state index contributed by atoms with van der Waals surface area (Å²) >= 11 is 1.71. The molecule has 0 aliphatic carbocycles. The van der Waals surface area contributed by atoms with E-state index >= 15 is 0 Å². The van der Waals surface area contributed by atoms with Crippen LogP contribution in [-0.2, 0) is 11.3 Å². The number of thiophene rings is 1. The van der Waals surface area contributed by atoms with Crippen molar-refractivity contribution in [3.8, 4) is 0 Å². The molecule has 2 rings (SSSR count). The zero-order valence-electron chi connectivity index (χ0n) is 12.1. The molecule has 20 heavy (non-hydrogen) atoms. The van der Waals surface area contributed by atoms with Crippen LogP contribution in [0.15, 0.2) is 12.1 Å². The fraction of sp³-hybridized carbons (Fsp3) is 0.643. The van der Waals surface area contributed by atoms with Crippen molar-refractivity contribution in [1.82, 2.24) is 15.5 Å². The molecule has 1 aromatic rings. The van der Waals surface area contributed by atoms with Gasteiger partial charge < -0.3 is 15.4 Å². The molecule has 1 fully saturated rings. The van der Waals surface area contributed by atoms with Crippen LogP contribution in [0.1, 0.15) is 16.7 Å². The minimum absolute atomic E-state index is 0.100. The van der Waals surface area contributed by atoms with E-state index in [9.17, 15) is 4.79 Å². The van der Waals surface area contributed by atoms with E-state index in [0.29, 0.717) is 6.54 Å². The van der Waals surface area contributed by atoms with Gasteiger partial charge in [-0.1, -0.05) is 0 Å². The lowest BCUT2D eigenvalue weighted by Gasteiger charge is -2.29. The monoisotopic (exact) mass is 297 g/mol. The molecule has 2 N–H and O–H groups in total. The highest BCUT2D eigenvalue weighted by atomic mass is 32.1. The molecule has 2 heterocycles. The lowest BCUT2D eigenvalue weighted by molar-refractivity contribution is 0.0349. The molecule has 0 aromatic carbocycles. The summed E-state index contributed by atoms with van der Waals surface area (Å²) in [5.74, 6) is 0. The minimum Gasteiger partial charge on any atom is -0.379 e. The van der Waals surface area contributed by atoms with Gasteiger partial charge in [0, 0.05) is 35.4 Å². The van der Waals surface area contributed by atoms with E-state index in [1.807, 2.05) is 6.92 Å². The van der Waals surface area contributed by atoms with E-state index in [2.05, 4.69) is 34.6 Å². The molecule has 1 saturated heterocycles. The maximum Gasteiger partial charge on any atom is 0.315 e. The van der Waals surface area contributed by atoms with Gasteiger partial charge in [-0.2, -0.15) is 0 Å². The number of hydrogen-bond donors (Lipinski definition) is 2. The lowest BCUT2D eigenvalue weighted by atomic mass is 10.3. The van der Waals surface area contributed by atoms with Gasteiger partial charge in [-0.15, -0.1) is 11.3 Å². The number of aryl methyl sites for hydroxylation is 1.